The number of amides is 3. The summed E-state index contributed by atoms with van der Waals surface area (Å²) in [5, 5.41) is 14.5. The Hall–Kier alpha value is -2.69. The molecule has 1 saturated carbocycles. The minimum atomic E-state index is -4.50. The van der Waals surface area contributed by atoms with Crippen LogP contribution in [-0.4, -0.2) is 40.1 Å². The van der Waals surface area contributed by atoms with Gasteiger partial charge in [0.05, 0.1) is 11.6 Å². The largest absolute Gasteiger partial charge is 0.416 e. The Kier molecular flexibility index (Phi) is 5.63. The highest BCUT2D eigenvalue weighted by Crippen LogP contribution is 2.42. The molecule has 0 radical (unpaired) electrons. The topological polar surface area (TPSA) is 87.2 Å². The number of likely N-dealkylation sites (tertiary alicyclic amines) is 1. The van der Waals surface area contributed by atoms with Crippen LogP contribution in [0.4, 0.5) is 23.1 Å². The summed E-state index contributed by atoms with van der Waals surface area (Å²) in [7, 11) is 0. The predicted octanol–water partition coefficient (Wildman–Crippen LogP) is 3.92. The van der Waals surface area contributed by atoms with E-state index < -0.39 is 23.8 Å². The second-order valence-corrected chi connectivity index (χ2v) is 8.45. The van der Waals surface area contributed by atoms with Crippen molar-refractivity contribution >= 4 is 28.4 Å². The fraction of sp³-hybridized carbons (Fsp3) is 0.474. The molecule has 2 aliphatic rings. The number of rotatable bonds is 6. The lowest BCUT2D eigenvalue weighted by atomic mass is 10.0. The van der Waals surface area contributed by atoms with E-state index in [0.29, 0.717) is 30.4 Å². The van der Waals surface area contributed by atoms with E-state index in [1.807, 2.05) is 0 Å². The molecule has 0 bridgehead atoms. The second kappa shape index (κ2) is 8.21. The summed E-state index contributed by atoms with van der Waals surface area (Å²) < 4.78 is 39.4. The van der Waals surface area contributed by atoms with Crippen molar-refractivity contribution in [3.05, 3.63) is 40.4 Å². The van der Waals surface area contributed by atoms with Crippen molar-refractivity contribution in [2.75, 3.05) is 18.4 Å². The molecule has 2 N–H and O–H groups in total. The Morgan fingerprint density at radius 1 is 1.30 bits per heavy atom. The molecule has 7 nitrogen and oxygen atoms in total. The van der Waals surface area contributed by atoms with Crippen LogP contribution in [0.5, 0.6) is 0 Å². The molecule has 1 aliphatic carbocycles. The molecule has 3 amide bonds. The first-order valence-electron chi connectivity index (χ1n) is 9.65. The average Bonchev–Trinajstić information content (AvgIpc) is 3.32. The van der Waals surface area contributed by atoms with E-state index in [-0.39, 0.29) is 18.0 Å². The molecule has 1 saturated heterocycles. The summed E-state index contributed by atoms with van der Waals surface area (Å²) >= 11 is 1.29. The van der Waals surface area contributed by atoms with Crippen molar-refractivity contribution in [3.63, 3.8) is 0 Å². The van der Waals surface area contributed by atoms with Gasteiger partial charge in [-0.1, -0.05) is 23.5 Å². The number of anilines is 1. The fourth-order valence-electron chi connectivity index (χ4n) is 3.36. The molecule has 4 rings (SSSR count). The number of carbonyl (C=O) groups is 2. The standard InChI is InChI=1S/C19H20F3N5O2S/c20-19(21,22)13-4-1-3-12(9-13)14(10-27-8-2-5-15(27)28)23-17(29)24-18-26-25-16(30-18)11-6-7-11/h1,3-4,9,11,14H,2,5-8,10H2,(H2,23,24,26,29)/t14-/m0/s1. The average molecular weight is 439 g/mol. The van der Waals surface area contributed by atoms with E-state index >= 15 is 0 Å². The molecule has 2 fully saturated rings. The smallest absolute Gasteiger partial charge is 0.340 e. The van der Waals surface area contributed by atoms with Crippen molar-refractivity contribution in [1.29, 1.82) is 0 Å². The molecule has 0 unspecified atom stereocenters. The summed E-state index contributed by atoms with van der Waals surface area (Å²) in [5.74, 6) is 0.326. The quantitative estimate of drug-likeness (QED) is 0.714. The van der Waals surface area contributed by atoms with E-state index in [1.54, 1.807) is 4.90 Å². The van der Waals surface area contributed by atoms with E-state index in [1.165, 1.54) is 23.5 Å². The van der Waals surface area contributed by atoms with Gasteiger partial charge in [-0.25, -0.2) is 4.79 Å². The number of carbonyl (C=O) groups excluding carboxylic acids is 2. The van der Waals surface area contributed by atoms with E-state index in [2.05, 4.69) is 20.8 Å². The third kappa shape index (κ3) is 4.89. The van der Waals surface area contributed by atoms with Gasteiger partial charge in [-0.15, -0.1) is 10.2 Å². The Morgan fingerprint density at radius 3 is 2.77 bits per heavy atom. The number of urea groups is 1. The molecule has 0 spiro atoms. The van der Waals surface area contributed by atoms with E-state index in [0.717, 1.165) is 30.0 Å². The normalized spacial score (nSPS) is 17.8. The highest BCUT2D eigenvalue weighted by molar-refractivity contribution is 7.15. The number of aromatic nitrogens is 2. The van der Waals surface area contributed by atoms with E-state index in [9.17, 15) is 22.8 Å². The van der Waals surface area contributed by atoms with Gasteiger partial charge in [0.1, 0.15) is 5.01 Å². The van der Waals surface area contributed by atoms with Gasteiger partial charge < -0.3 is 10.2 Å². The van der Waals surface area contributed by atoms with E-state index in [4.69, 9.17) is 0 Å². The molecule has 11 heteroatoms. The van der Waals surface area contributed by atoms with Crippen molar-refractivity contribution < 1.29 is 22.8 Å². The Morgan fingerprint density at radius 2 is 2.10 bits per heavy atom. The third-order valence-electron chi connectivity index (χ3n) is 5.08. The molecular weight excluding hydrogens is 419 g/mol. The first-order valence-corrected chi connectivity index (χ1v) is 10.5. The van der Waals surface area contributed by atoms with Crippen LogP contribution in [-0.2, 0) is 11.0 Å². The summed E-state index contributed by atoms with van der Waals surface area (Å²) in [4.78, 5) is 26.1. The van der Waals surface area contributed by atoms with Crippen LogP contribution >= 0.6 is 11.3 Å². The van der Waals surface area contributed by atoms with Crippen LogP contribution in [0.15, 0.2) is 24.3 Å². The lowest BCUT2D eigenvalue weighted by Crippen LogP contribution is -2.40. The highest BCUT2D eigenvalue weighted by atomic mass is 32.1. The van der Waals surface area contributed by atoms with Crippen molar-refractivity contribution in [2.45, 2.75) is 43.8 Å². The van der Waals surface area contributed by atoms with Crippen LogP contribution in [0.1, 0.15) is 53.8 Å². The first kappa shape index (κ1) is 20.6. The zero-order chi connectivity index (χ0) is 21.3. The SMILES string of the molecule is O=C(Nc1nnc(C2CC2)s1)N[C@@H](CN1CCCC1=O)c1cccc(C(F)(F)F)c1. The summed E-state index contributed by atoms with van der Waals surface area (Å²) in [6.07, 6.45) is -1.30. The minimum Gasteiger partial charge on any atom is -0.340 e. The maximum Gasteiger partial charge on any atom is 0.416 e. The molecular formula is C19H20F3N5O2S. The van der Waals surface area contributed by atoms with Crippen molar-refractivity contribution in [3.8, 4) is 0 Å². The number of halogens is 3. The van der Waals surface area contributed by atoms with Gasteiger partial charge in [-0.2, -0.15) is 13.2 Å². The fourth-order valence-corrected chi connectivity index (χ4v) is 4.26. The predicted molar refractivity (Wildman–Crippen MR) is 104 cm³/mol. The number of nitrogens with zero attached hydrogens (tertiary/aromatic N) is 3. The van der Waals surface area contributed by atoms with Gasteiger partial charge in [-0.05, 0) is 37.0 Å². The highest BCUT2D eigenvalue weighted by Gasteiger charge is 2.32. The molecule has 30 heavy (non-hydrogen) atoms. The van der Waals surface area contributed by atoms with Crippen LogP contribution in [0.2, 0.25) is 0 Å². The molecule has 1 aromatic carbocycles. The van der Waals surface area contributed by atoms with Gasteiger partial charge >= 0.3 is 12.2 Å². The van der Waals surface area contributed by atoms with Crippen LogP contribution < -0.4 is 10.6 Å². The molecule has 1 aliphatic heterocycles. The molecule has 2 aromatic rings. The summed E-state index contributed by atoms with van der Waals surface area (Å²) in [6, 6.07) is 3.37. The summed E-state index contributed by atoms with van der Waals surface area (Å²) in [6.45, 7) is 0.607. The number of hydrogen-bond acceptors (Lipinski definition) is 5. The van der Waals surface area contributed by atoms with Gasteiger partial charge in [0.25, 0.3) is 0 Å². The Labute approximate surface area is 174 Å². The molecule has 1 atom stereocenters. The lowest BCUT2D eigenvalue weighted by Gasteiger charge is -2.25. The van der Waals surface area contributed by atoms with Gasteiger partial charge in [0.15, 0.2) is 0 Å². The molecule has 1 aromatic heterocycles. The zero-order valence-corrected chi connectivity index (χ0v) is 16.7. The third-order valence-corrected chi connectivity index (χ3v) is 6.08. The Balaban J connectivity index is 1.50. The van der Waals surface area contributed by atoms with Crippen LogP contribution in [0, 0.1) is 0 Å². The maximum atomic E-state index is 13.1. The maximum absolute atomic E-state index is 13.1. The second-order valence-electron chi connectivity index (χ2n) is 7.44. The molecule has 2 heterocycles. The van der Waals surface area contributed by atoms with Crippen LogP contribution in [0.25, 0.3) is 0 Å². The molecule has 160 valence electrons. The Bertz CT molecular complexity index is 944. The lowest BCUT2D eigenvalue weighted by molar-refractivity contribution is -0.137. The number of benzene rings is 1. The van der Waals surface area contributed by atoms with Crippen molar-refractivity contribution in [1.82, 2.24) is 20.4 Å². The first-order chi connectivity index (χ1) is 14.3. The summed E-state index contributed by atoms with van der Waals surface area (Å²) in [5.41, 5.74) is -0.534. The number of hydrogen-bond donors (Lipinski definition) is 2. The zero-order valence-electron chi connectivity index (χ0n) is 15.9. The number of alkyl halides is 3. The number of nitrogens with one attached hydrogen (secondary N) is 2. The van der Waals surface area contributed by atoms with Crippen LogP contribution in [0.3, 0.4) is 0 Å². The van der Waals surface area contributed by atoms with Crippen molar-refractivity contribution in [2.24, 2.45) is 0 Å². The monoisotopic (exact) mass is 439 g/mol. The van der Waals surface area contributed by atoms with Gasteiger partial charge in [0, 0.05) is 25.4 Å². The minimum absolute atomic E-state index is 0.0765. The van der Waals surface area contributed by atoms with Gasteiger partial charge in [0.2, 0.25) is 11.0 Å². The van der Waals surface area contributed by atoms with Gasteiger partial charge in [-0.3, -0.25) is 10.1 Å².